The van der Waals surface area contributed by atoms with Gasteiger partial charge in [-0.15, -0.1) is 0 Å². The van der Waals surface area contributed by atoms with Gasteiger partial charge in [0, 0.05) is 37.0 Å². The molecule has 0 atom stereocenters. The van der Waals surface area contributed by atoms with Crippen LogP contribution in [0.5, 0.6) is 0 Å². The van der Waals surface area contributed by atoms with Crippen molar-refractivity contribution in [2.45, 2.75) is 6.92 Å². The fourth-order valence-electron chi connectivity index (χ4n) is 3.12. The second-order valence-corrected chi connectivity index (χ2v) is 6.92. The number of nitrogens with zero attached hydrogens (tertiary/aromatic N) is 5. The third kappa shape index (κ3) is 3.56. The highest BCUT2D eigenvalue weighted by Crippen LogP contribution is 2.32. The fraction of sp³-hybridized carbons (Fsp3) is 0.136. The van der Waals surface area contributed by atoms with Crippen LogP contribution in [0, 0.1) is 18.3 Å². The van der Waals surface area contributed by atoms with Crippen molar-refractivity contribution in [3.8, 4) is 28.6 Å². The SMILES string of the molecule is Cc1cc(-c2nc3ccc(=O)[nH]c3nc2-c2cccc(C#N)c2)cc(N(C)C)n1. The molecule has 1 N–H and O–H groups in total. The molecule has 1 aromatic carbocycles. The van der Waals surface area contributed by atoms with Gasteiger partial charge in [-0.2, -0.15) is 5.26 Å². The van der Waals surface area contributed by atoms with Crippen LogP contribution < -0.4 is 10.5 Å². The van der Waals surface area contributed by atoms with E-state index in [1.165, 1.54) is 6.07 Å². The molecule has 29 heavy (non-hydrogen) atoms. The predicted molar refractivity (Wildman–Crippen MR) is 113 cm³/mol. The van der Waals surface area contributed by atoms with Gasteiger partial charge < -0.3 is 9.88 Å². The van der Waals surface area contributed by atoms with Crippen LogP contribution in [0.25, 0.3) is 33.7 Å². The number of nitriles is 1. The standard InChI is InChI=1S/C22H18N6O/c1-13-9-16(11-18(24-13)28(2)3)21-20(15-6-4-5-14(10-15)12-23)27-22-17(25-21)7-8-19(29)26-22/h4-11H,1-3H3,(H,26,27,29). The van der Waals surface area contributed by atoms with E-state index in [-0.39, 0.29) is 5.56 Å². The molecule has 4 aromatic rings. The maximum Gasteiger partial charge on any atom is 0.249 e. The minimum Gasteiger partial charge on any atom is -0.363 e. The maximum atomic E-state index is 11.8. The van der Waals surface area contributed by atoms with Crippen LogP contribution in [-0.4, -0.2) is 34.0 Å². The fourth-order valence-corrected chi connectivity index (χ4v) is 3.12. The summed E-state index contributed by atoms with van der Waals surface area (Å²) in [5.74, 6) is 0.806. The normalized spacial score (nSPS) is 10.7. The number of aryl methyl sites for hydroxylation is 1. The van der Waals surface area contributed by atoms with Gasteiger partial charge in [0.1, 0.15) is 11.3 Å². The largest absolute Gasteiger partial charge is 0.363 e. The number of hydrogen-bond acceptors (Lipinski definition) is 6. The second kappa shape index (κ2) is 7.17. The summed E-state index contributed by atoms with van der Waals surface area (Å²) >= 11 is 0. The van der Waals surface area contributed by atoms with E-state index in [1.54, 1.807) is 24.3 Å². The Hall–Kier alpha value is -4.05. The number of rotatable bonds is 3. The van der Waals surface area contributed by atoms with Gasteiger partial charge in [-0.25, -0.2) is 15.0 Å². The van der Waals surface area contributed by atoms with Crippen molar-refractivity contribution in [1.29, 1.82) is 5.26 Å². The topological polar surface area (TPSA) is 98.6 Å². The monoisotopic (exact) mass is 382 g/mol. The Morgan fingerprint density at radius 1 is 0.966 bits per heavy atom. The van der Waals surface area contributed by atoms with Gasteiger partial charge in [0.15, 0.2) is 5.65 Å². The van der Waals surface area contributed by atoms with Gasteiger partial charge in [-0.1, -0.05) is 12.1 Å². The molecule has 3 aromatic heterocycles. The summed E-state index contributed by atoms with van der Waals surface area (Å²) in [7, 11) is 3.86. The second-order valence-electron chi connectivity index (χ2n) is 6.92. The number of nitrogens with one attached hydrogen (secondary N) is 1. The van der Waals surface area contributed by atoms with Crippen LogP contribution in [0.4, 0.5) is 5.82 Å². The molecule has 0 saturated heterocycles. The summed E-state index contributed by atoms with van der Waals surface area (Å²) in [5.41, 5.74) is 4.98. The van der Waals surface area contributed by atoms with Gasteiger partial charge in [0.25, 0.3) is 0 Å². The molecule has 0 aliphatic rings. The molecule has 142 valence electrons. The van der Waals surface area contributed by atoms with Gasteiger partial charge in [-0.05, 0) is 37.3 Å². The average Bonchev–Trinajstić information content (AvgIpc) is 2.72. The zero-order valence-electron chi connectivity index (χ0n) is 16.3. The highest BCUT2D eigenvalue weighted by Gasteiger charge is 2.16. The molecular formula is C22H18N6O. The Labute approximate surface area is 167 Å². The molecule has 7 nitrogen and oxygen atoms in total. The summed E-state index contributed by atoms with van der Waals surface area (Å²) in [5, 5.41) is 9.29. The molecule has 3 heterocycles. The minimum absolute atomic E-state index is 0.245. The third-order valence-corrected chi connectivity index (χ3v) is 4.49. The zero-order chi connectivity index (χ0) is 20.5. The molecule has 0 amide bonds. The van der Waals surface area contributed by atoms with Crippen molar-refractivity contribution < 1.29 is 0 Å². The lowest BCUT2D eigenvalue weighted by atomic mass is 10.0. The van der Waals surface area contributed by atoms with Crippen LogP contribution in [-0.2, 0) is 0 Å². The number of fused-ring (bicyclic) bond motifs is 1. The molecule has 0 aliphatic heterocycles. The van der Waals surface area contributed by atoms with Crippen LogP contribution in [0.15, 0.2) is 53.3 Å². The third-order valence-electron chi connectivity index (χ3n) is 4.49. The number of benzene rings is 1. The lowest BCUT2D eigenvalue weighted by Crippen LogP contribution is -2.11. The quantitative estimate of drug-likeness (QED) is 0.584. The molecule has 7 heteroatoms. The Kier molecular flexibility index (Phi) is 4.53. The number of pyridine rings is 2. The molecular weight excluding hydrogens is 364 g/mol. The number of aromatic amines is 1. The Bertz CT molecular complexity index is 1330. The molecule has 0 radical (unpaired) electrons. The van der Waals surface area contributed by atoms with E-state index in [2.05, 4.69) is 16.0 Å². The number of aromatic nitrogens is 4. The van der Waals surface area contributed by atoms with E-state index in [9.17, 15) is 10.1 Å². The molecule has 0 fully saturated rings. The van der Waals surface area contributed by atoms with Crippen molar-refractivity contribution in [3.63, 3.8) is 0 Å². The first kappa shape index (κ1) is 18.3. The first-order chi connectivity index (χ1) is 13.9. The van der Waals surface area contributed by atoms with Gasteiger partial charge in [-0.3, -0.25) is 4.79 Å². The lowest BCUT2D eigenvalue weighted by molar-refractivity contribution is 1.04. The maximum absolute atomic E-state index is 11.8. The highest BCUT2D eigenvalue weighted by molar-refractivity contribution is 5.85. The summed E-state index contributed by atoms with van der Waals surface area (Å²) in [6, 6.07) is 16.3. The molecule has 0 saturated carbocycles. The average molecular weight is 382 g/mol. The molecule has 0 spiro atoms. The van der Waals surface area contributed by atoms with Crippen LogP contribution in [0.2, 0.25) is 0 Å². The van der Waals surface area contributed by atoms with E-state index in [1.807, 2.05) is 44.1 Å². The lowest BCUT2D eigenvalue weighted by Gasteiger charge is -2.15. The Balaban J connectivity index is 2.05. The highest BCUT2D eigenvalue weighted by atomic mass is 16.1. The molecule has 4 rings (SSSR count). The minimum atomic E-state index is -0.245. The summed E-state index contributed by atoms with van der Waals surface area (Å²) in [4.78, 5) is 30.5. The summed E-state index contributed by atoms with van der Waals surface area (Å²) < 4.78 is 0. The van der Waals surface area contributed by atoms with E-state index in [0.717, 1.165) is 22.6 Å². The Morgan fingerprint density at radius 2 is 1.76 bits per heavy atom. The number of anilines is 1. The van der Waals surface area contributed by atoms with Crippen molar-refractivity contribution >= 4 is 17.0 Å². The Morgan fingerprint density at radius 3 is 2.52 bits per heavy atom. The van der Waals surface area contributed by atoms with E-state index in [0.29, 0.717) is 28.1 Å². The van der Waals surface area contributed by atoms with E-state index < -0.39 is 0 Å². The van der Waals surface area contributed by atoms with Gasteiger partial charge in [0.05, 0.1) is 23.0 Å². The van der Waals surface area contributed by atoms with Crippen LogP contribution in [0.3, 0.4) is 0 Å². The molecule has 0 aliphatic carbocycles. The predicted octanol–water partition coefficient (Wildman–Crippen LogP) is 3.29. The van der Waals surface area contributed by atoms with E-state index >= 15 is 0 Å². The van der Waals surface area contributed by atoms with E-state index in [4.69, 9.17) is 9.97 Å². The number of H-pyrrole nitrogens is 1. The van der Waals surface area contributed by atoms with Gasteiger partial charge in [0.2, 0.25) is 5.56 Å². The zero-order valence-corrected chi connectivity index (χ0v) is 16.3. The van der Waals surface area contributed by atoms with Crippen LogP contribution >= 0.6 is 0 Å². The first-order valence-corrected chi connectivity index (χ1v) is 9.02. The summed E-state index contributed by atoms with van der Waals surface area (Å²) in [6.07, 6.45) is 0. The van der Waals surface area contributed by atoms with Crippen molar-refractivity contribution in [3.05, 3.63) is 70.1 Å². The summed E-state index contributed by atoms with van der Waals surface area (Å²) in [6.45, 7) is 1.93. The number of hydrogen-bond donors (Lipinski definition) is 1. The van der Waals surface area contributed by atoms with Crippen molar-refractivity contribution in [2.24, 2.45) is 0 Å². The van der Waals surface area contributed by atoms with Crippen LogP contribution in [0.1, 0.15) is 11.3 Å². The molecule has 0 unspecified atom stereocenters. The van der Waals surface area contributed by atoms with Crippen molar-refractivity contribution in [2.75, 3.05) is 19.0 Å². The first-order valence-electron chi connectivity index (χ1n) is 9.02. The molecule has 0 bridgehead atoms. The van der Waals surface area contributed by atoms with Crippen molar-refractivity contribution in [1.82, 2.24) is 19.9 Å². The van der Waals surface area contributed by atoms with Gasteiger partial charge >= 0.3 is 0 Å². The smallest absolute Gasteiger partial charge is 0.249 e.